The Bertz CT molecular complexity index is 245. The molecule has 4 nitrogen and oxygen atoms in total. The highest BCUT2D eigenvalue weighted by Gasteiger charge is 2.23. The average molecular weight is 255 g/mol. The predicted molar refractivity (Wildman–Crippen MR) is 75.3 cm³/mol. The number of carbonyl (C=O) groups excluding carboxylic acids is 1. The molecular formula is C14H29N3O. The van der Waals surface area contributed by atoms with Crippen LogP contribution in [0.25, 0.3) is 0 Å². The summed E-state index contributed by atoms with van der Waals surface area (Å²) < 4.78 is 0. The van der Waals surface area contributed by atoms with Gasteiger partial charge in [0, 0.05) is 12.6 Å². The number of nitrogens with two attached hydrogens (primary N) is 1. The van der Waals surface area contributed by atoms with Crippen LogP contribution < -0.4 is 11.1 Å². The molecular weight excluding hydrogens is 226 g/mol. The minimum Gasteiger partial charge on any atom is -0.353 e. The molecule has 0 aromatic heterocycles. The van der Waals surface area contributed by atoms with E-state index in [0.29, 0.717) is 18.5 Å². The van der Waals surface area contributed by atoms with Crippen LogP contribution in [0, 0.1) is 5.92 Å². The first kappa shape index (κ1) is 15.4. The third-order valence-corrected chi connectivity index (χ3v) is 3.72. The maximum absolute atomic E-state index is 11.9. The first-order valence-electron chi connectivity index (χ1n) is 7.37. The SMILES string of the molecule is CCCCCC(C)NC(=O)CN1CCC(CN)C1. The van der Waals surface area contributed by atoms with Crippen molar-refractivity contribution in [2.45, 2.75) is 52.0 Å². The normalized spacial score (nSPS) is 22.1. The largest absolute Gasteiger partial charge is 0.353 e. The van der Waals surface area contributed by atoms with Crippen LogP contribution in [-0.2, 0) is 4.79 Å². The molecule has 1 amide bonds. The molecule has 0 spiro atoms. The third-order valence-electron chi connectivity index (χ3n) is 3.72. The van der Waals surface area contributed by atoms with Gasteiger partial charge in [0.05, 0.1) is 6.54 Å². The van der Waals surface area contributed by atoms with Crippen LogP contribution in [0.15, 0.2) is 0 Å². The van der Waals surface area contributed by atoms with Crippen LogP contribution in [0.4, 0.5) is 0 Å². The molecule has 0 bridgehead atoms. The van der Waals surface area contributed by atoms with Crippen LogP contribution in [-0.4, -0.2) is 43.0 Å². The second kappa shape index (κ2) is 8.48. The van der Waals surface area contributed by atoms with Crippen molar-refractivity contribution >= 4 is 5.91 Å². The Labute approximate surface area is 111 Å². The van der Waals surface area contributed by atoms with Gasteiger partial charge in [0.25, 0.3) is 0 Å². The lowest BCUT2D eigenvalue weighted by atomic mass is 10.1. The molecule has 1 aliphatic rings. The number of nitrogens with zero attached hydrogens (tertiary/aromatic N) is 1. The van der Waals surface area contributed by atoms with Crippen molar-refractivity contribution in [2.24, 2.45) is 11.7 Å². The molecule has 2 unspecified atom stereocenters. The van der Waals surface area contributed by atoms with E-state index in [0.717, 1.165) is 32.5 Å². The van der Waals surface area contributed by atoms with Crippen LogP contribution in [0.5, 0.6) is 0 Å². The number of amides is 1. The van der Waals surface area contributed by atoms with E-state index in [1.54, 1.807) is 0 Å². The number of nitrogens with one attached hydrogen (secondary N) is 1. The zero-order valence-electron chi connectivity index (χ0n) is 12.0. The molecule has 0 saturated carbocycles. The summed E-state index contributed by atoms with van der Waals surface area (Å²) >= 11 is 0. The monoisotopic (exact) mass is 255 g/mol. The first-order valence-corrected chi connectivity index (χ1v) is 7.37. The van der Waals surface area contributed by atoms with Gasteiger partial charge in [-0.15, -0.1) is 0 Å². The minimum absolute atomic E-state index is 0.164. The molecule has 106 valence electrons. The van der Waals surface area contributed by atoms with Gasteiger partial charge in [-0.2, -0.15) is 0 Å². The summed E-state index contributed by atoms with van der Waals surface area (Å²) in [5.74, 6) is 0.747. The fourth-order valence-electron chi connectivity index (χ4n) is 2.55. The second-order valence-corrected chi connectivity index (χ2v) is 5.59. The summed E-state index contributed by atoms with van der Waals surface area (Å²) in [6, 6.07) is 0.303. The Balaban J connectivity index is 2.13. The summed E-state index contributed by atoms with van der Waals surface area (Å²) in [6.07, 6.45) is 5.91. The maximum atomic E-state index is 11.9. The average Bonchev–Trinajstić information content (AvgIpc) is 2.76. The molecule has 0 radical (unpaired) electrons. The van der Waals surface area contributed by atoms with Gasteiger partial charge in [0.15, 0.2) is 0 Å². The summed E-state index contributed by atoms with van der Waals surface area (Å²) in [4.78, 5) is 14.1. The van der Waals surface area contributed by atoms with E-state index in [9.17, 15) is 4.79 Å². The standard InChI is InChI=1S/C14H29N3O/c1-3-4-5-6-12(2)16-14(18)11-17-8-7-13(9-15)10-17/h12-13H,3-11,15H2,1-2H3,(H,16,18). The van der Waals surface area contributed by atoms with Crippen LogP contribution >= 0.6 is 0 Å². The van der Waals surface area contributed by atoms with E-state index in [2.05, 4.69) is 24.1 Å². The summed E-state index contributed by atoms with van der Waals surface area (Å²) in [7, 11) is 0. The predicted octanol–water partition coefficient (Wildman–Crippen LogP) is 1.35. The number of likely N-dealkylation sites (tertiary alicyclic amines) is 1. The van der Waals surface area contributed by atoms with Gasteiger partial charge in [-0.25, -0.2) is 0 Å². The van der Waals surface area contributed by atoms with Crippen molar-refractivity contribution < 1.29 is 4.79 Å². The molecule has 0 aromatic carbocycles. The molecule has 1 aliphatic heterocycles. The van der Waals surface area contributed by atoms with E-state index in [4.69, 9.17) is 5.73 Å². The Morgan fingerprint density at radius 1 is 1.50 bits per heavy atom. The highest BCUT2D eigenvalue weighted by molar-refractivity contribution is 5.78. The number of hydrogen-bond acceptors (Lipinski definition) is 3. The molecule has 1 fully saturated rings. The zero-order valence-corrected chi connectivity index (χ0v) is 12.0. The molecule has 0 aliphatic carbocycles. The molecule has 0 aromatic rings. The fraction of sp³-hybridized carbons (Fsp3) is 0.929. The molecule has 1 rings (SSSR count). The quantitative estimate of drug-likeness (QED) is 0.644. The summed E-state index contributed by atoms with van der Waals surface area (Å²) in [6.45, 7) is 7.57. The lowest BCUT2D eigenvalue weighted by Gasteiger charge is -2.18. The summed E-state index contributed by atoms with van der Waals surface area (Å²) in [5, 5.41) is 3.09. The fourth-order valence-corrected chi connectivity index (χ4v) is 2.55. The van der Waals surface area contributed by atoms with E-state index in [1.165, 1.54) is 19.3 Å². The van der Waals surface area contributed by atoms with Gasteiger partial charge in [-0.05, 0) is 38.8 Å². The van der Waals surface area contributed by atoms with Crippen LogP contribution in [0.1, 0.15) is 46.0 Å². The van der Waals surface area contributed by atoms with Gasteiger partial charge in [0.2, 0.25) is 5.91 Å². The van der Waals surface area contributed by atoms with Gasteiger partial charge in [-0.1, -0.05) is 26.2 Å². The molecule has 2 atom stereocenters. The van der Waals surface area contributed by atoms with Crippen molar-refractivity contribution in [3.05, 3.63) is 0 Å². The second-order valence-electron chi connectivity index (χ2n) is 5.59. The lowest BCUT2D eigenvalue weighted by molar-refractivity contribution is -0.122. The topological polar surface area (TPSA) is 58.4 Å². The van der Waals surface area contributed by atoms with Crippen molar-refractivity contribution in [1.82, 2.24) is 10.2 Å². The number of carbonyl (C=O) groups is 1. The highest BCUT2D eigenvalue weighted by atomic mass is 16.2. The number of unbranched alkanes of at least 4 members (excludes halogenated alkanes) is 2. The van der Waals surface area contributed by atoms with Crippen molar-refractivity contribution in [3.63, 3.8) is 0 Å². The van der Waals surface area contributed by atoms with Gasteiger partial charge < -0.3 is 11.1 Å². The van der Waals surface area contributed by atoms with E-state index >= 15 is 0 Å². The van der Waals surface area contributed by atoms with Crippen molar-refractivity contribution in [2.75, 3.05) is 26.2 Å². The Hall–Kier alpha value is -0.610. The minimum atomic E-state index is 0.164. The zero-order chi connectivity index (χ0) is 13.4. The number of rotatable bonds is 8. The molecule has 1 heterocycles. The smallest absolute Gasteiger partial charge is 0.234 e. The van der Waals surface area contributed by atoms with E-state index in [1.807, 2.05) is 0 Å². The Kier molecular flexibility index (Phi) is 7.28. The maximum Gasteiger partial charge on any atom is 0.234 e. The molecule has 1 saturated heterocycles. The van der Waals surface area contributed by atoms with E-state index in [-0.39, 0.29) is 5.91 Å². The van der Waals surface area contributed by atoms with Crippen molar-refractivity contribution in [1.29, 1.82) is 0 Å². The summed E-state index contributed by atoms with van der Waals surface area (Å²) in [5.41, 5.74) is 5.65. The Morgan fingerprint density at radius 3 is 2.89 bits per heavy atom. The van der Waals surface area contributed by atoms with Crippen LogP contribution in [0.2, 0.25) is 0 Å². The van der Waals surface area contributed by atoms with Gasteiger partial charge in [0.1, 0.15) is 0 Å². The molecule has 4 heteroatoms. The third kappa shape index (κ3) is 5.83. The van der Waals surface area contributed by atoms with Gasteiger partial charge in [-0.3, -0.25) is 9.69 Å². The van der Waals surface area contributed by atoms with Gasteiger partial charge >= 0.3 is 0 Å². The van der Waals surface area contributed by atoms with Crippen LogP contribution in [0.3, 0.4) is 0 Å². The first-order chi connectivity index (χ1) is 8.65. The molecule has 3 N–H and O–H groups in total. The lowest BCUT2D eigenvalue weighted by Crippen LogP contribution is -2.40. The number of hydrogen-bond donors (Lipinski definition) is 2. The highest BCUT2D eigenvalue weighted by Crippen LogP contribution is 2.14. The van der Waals surface area contributed by atoms with Crippen molar-refractivity contribution in [3.8, 4) is 0 Å². The van der Waals surface area contributed by atoms with E-state index < -0.39 is 0 Å². The Morgan fingerprint density at radius 2 is 2.28 bits per heavy atom. The molecule has 18 heavy (non-hydrogen) atoms.